The van der Waals surface area contributed by atoms with Crippen LogP contribution in [0.5, 0.6) is 0 Å². The van der Waals surface area contributed by atoms with Crippen molar-refractivity contribution in [3.63, 3.8) is 0 Å². The quantitative estimate of drug-likeness (QED) is 0.203. The van der Waals surface area contributed by atoms with Crippen LogP contribution in [-0.4, -0.2) is 79.6 Å². The van der Waals surface area contributed by atoms with Gasteiger partial charge in [-0.2, -0.15) is 0 Å². The molecule has 2 heterocycles. The van der Waals surface area contributed by atoms with Crippen molar-refractivity contribution in [1.29, 1.82) is 0 Å². The highest BCUT2D eigenvalue weighted by Crippen LogP contribution is 2.38. The molecule has 46 heavy (non-hydrogen) atoms. The van der Waals surface area contributed by atoms with Gasteiger partial charge in [-0.1, -0.05) is 54.5 Å². The van der Waals surface area contributed by atoms with Crippen molar-refractivity contribution in [2.24, 2.45) is 28.7 Å². The van der Waals surface area contributed by atoms with E-state index in [2.05, 4.69) is 98.0 Å². The van der Waals surface area contributed by atoms with Gasteiger partial charge in [-0.05, 0) is 70.3 Å². The van der Waals surface area contributed by atoms with Gasteiger partial charge in [0.15, 0.2) is 5.76 Å². The van der Waals surface area contributed by atoms with Gasteiger partial charge in [0, 0.05) is 63.4 Å². The second kappa shape index (κ2) is 19.2. The number of hydrogen-bond donors (Lipinski definition) is 0. The molecule has 3 aliphatic carbocycles. The molecule has 1 saturated carbocycles. The van der Waals surface area contributed by atoms with E-state index >= 15 is 0 Å². The SMILES string of the molecule is C#C.C=C.C=O.CCC(/C(C)=C1\C=CCC(C(=O)C2CC2)C1=NC)[C@@H](C)CN1CCN(CC2=CC=C(c3onc(C)c3C)C2)CC1. The van der Waals surface area contributed by atoms with Crippen LogP contribution in [0.2, 0.25) is 0 Å². The Bertz CT molecular complexity index is 1330. The van der Waals surface area contributed by atoms with Gasteiger partial charge in [0.05, 0.1) is 17.3 Å². The second-order valence-corrected chi connectivity index (χ2v) is 12.6. The Kier molecular flexibility index (Phi) is 16.1. The van der Waals surface area contributed by atoms with Gasteiger partial charge >= 0.3 is 0 Å². The van der Waals surface area contributed by atoms with E-state index in [0.717, 1.165) is 94.1 Å². The van der Waals surface area contributed by atoms with E-state index in [-0.39, 0.29) is 11.8 Å². The summed E-state index contributed by atoms with van der Waals surface area (Å²) in [5, 5.41) is 4.14. The zero-order chi connectivity index (χ0) is 34.4. The third kappa shape index (κ3) is 9.47. The Hall–Kier alpha value is -3.60. The third-order valence-corrected chi connectivity index (χ3v) is 9.76. The van der Waals surface area contributed by atoms with Gasteiger partial charge in [0.25, 0.3) is 0 Å². The molecule has 0 spiro atoms. The number of aryl methyl sites for hydroxylation is 1. The lowest BCUT2D eigenvalue weighted by atomic mass is 9.76. The molecule has 0 bridgehead atoms. The number of Topliss-reactive ketones (excluding diaryl/α,β-unsaturated/α-hetero) is 1. The lowest BCUT2D eigenvalue weighted by Crippen LogP contribution is -2.48. The molecular weight excluding hydrogens is 572 g/mol. The van der Waals surface area contributed by atoms with Crippen molar-refractivity contribution in [1.82, 2.24) is 15.0 Å². The van der Waals surface area contributed by atoms with Gasteiger partial charge in [-0.25, -0.2) is 0 Å². The number of carbonyl (C=O) groups is 2. The molecule has 2 unspecified atom stereocenters. The van der Waals surface area contributed by atoms with E-state index < -0.39 is 0 Å². The summed E-state index contributed by atoms with van der Waals surface area (Å²) >= 11 is 0. The first-order valence-corrected chi connectivity index (χ1v) is 16.6. The van der Waals surface area contributed by atoms with E-state index in [4.69, 9.17) is 9.32 Å². The number of ketones is 1. The van der Waals surface area contributed by atoms with E-state index in [1.165, 1.54) is 22.3 Å². The van der Waals surface area contributed by atoms with E-state index in [1.807, 2.05) is 20.8 Å². The highest BCUT2D eigenvalue weighted by Gasteiger charge is 2.38. The minimum absolute atomic E-state index is 0.0431. The standard InChI is InChI=1S/C34H48N4O2.C2H4.C2H2.CH2O/c1-7-29(24(4)30-9-8-10-31(32(30)35-6)33(39)27-13-14-27)22(2)20-37-15-17-38(18-16-37)21-26-11-12-28(19-26)34-23(3)25(5)36-40-34;3*1-2/h8-9,11-12,22,27,29,31H,7,10,13-21H2,1-6H3;1-2H2;1-2H;1H2/b30-24+,35-32?;;;/t22-,29?,31?;;;/m0.../s1. The Morgan fingerprint density at radius 1 is 1.11 bits per heavy atom. The molecule has 0 amide bonds. The normalized spacial score (nSPS) is 23.0. The fourth-order valence-electron chi connectivity index (χ4n) is 7.07. The molecule has 1 saturated heterocycles. The summed E-state index contributed by atoms with van der Waals surface area (Å²) in [5.41, 5.74) is 8.52. The Balaban J connectivity index is 0.00000116. The van der Waals surface area contributed by atoms with Crippen LogP contribution < -0.4 is 0 Å². The maximum Gasteiger partial charge on any atom is 0.166 e. The maximum atomic E-state index is 13.0. The molecule has 7 nitrogen and oxygen atoms in total. The summed E-state index contributed by atoms with van der Waals surface area (Å²) in [6.45, 7) is 25.7. The summed E-state index contributed by atoms with van der Waals surface area (Å²) in [7, 11) is 1.87. The zero-order valence-electron chi connectivity index (χ0n) is 29.2. The van der Waals surface area contributed by atoms with Crippen LogP contribution in [0.25, 0.3) is 5.57 Å². The fourth-order valence-corrected chi connectivity index (χ4v) is 7.07. The molecule has 4 aliphatic rings. The summed E-state index contributed by atoms with van der Waals surface area (Å²) in [6, 6.07) is 0. The summed E-state index contributed by atoms with van der Waals surface area (Å²) in [6.07, 6.45) is 21.9. The van der Waals surface area contributed by atoms with Crippen LogP contribution >= 0.6 is 0 Å². The third-order valence-electron chi connectivity index (χ3n) is 9.76. The highest BCUT2D eigenvalue weighted by atomic mass is 16.5. The molecule has 2 fully saturated rings. The van der Waals surface area contributed by atoms with Crippen LogP contribution in [0.4, 0.5) is 0 Å². The van der Waals surface area contributed by atoms with Gasteiger partial charge in [0.2, 0.25) is 0 Å². The zero-order valence-corrected chi connectivity index (χ0v) is 29.2. The van der Waals surface area contributed by atoms with E-state index in [0.29, 0.717) is 17.6 Å². The Morgan fingerprint density at radius 2 is 1.74 bits per heavy atom. The van der Waals surface area contributed by atoms with E-state index in [9.17, 15) is 4.79 Å². The smallest absolute Gasteiger partial charge is 0.166 e. The van der Waals surface area contributed by atoms with Crippen molar-refractivity contribution in [2.75, 3.05) is 46.3 Å². The number of carbonyl (C=O) groups excluding carboxylic acids is 2. The number of aliphatic imine (C=N–C) groups is 1. The number of terminal acetylenes is 1. The van der Waals surface area contributed by atoms with Crippen LogP contribution in [0.1, 0.15) is 69.9 Å². The van der Waals surface area contributed by atoms with Crippen molar-refractivity contribution in [2.45, 2.75) is 66.7 Å². The molecule has 3 atom stereocenters. The summed E-state index contributed by atoms with van der Waals surface area (Å²) in [5.74, 6) is 2.63. The Labute approximate surface area is 278 Å². The maximum absolute atomic E-state index is 13.0. The largest absolute Gasteiger partial charge is 0.356 e. The monoisotopic (exact) mass is 628 g/mol. The molecule has 1 aromatic heterocycles. The molecule has 1 aromatic rings. The topological polar surface area (TPSA) is 79.0 Å². The summed E-state index contributed by atoms with van der Waals surface area (Å²) in [4.78, 5) is 30.9. The van der Waals surface area contributed by atoms with Gasteiger partial charge in [-0.3, -0.25) is 14.7 Å². The van der Waals surface area contributed by atoms with Crippen molar-refractivity contribution in [3.8, 4) is 12.8 Å². The van der Waals surface area contributed by atoms with Crippen LogP contribution in [0.15, 0.2) is 63.7 Å². The predicted molar refractivity (Wildman–Crippen MR) is 192 cm³/mol. The minimum atomic E-state index is -0.0431. The van der Waals surface area contributed by atoms with Crippen molar-refractivity contribution < 1.29 is 14.1 Å². The van der Waals surface area contributed by atoms with Crippen molar-refractivity contribution >= 4 is 23.9 Å². The summed E-state index contributed by atoms with van der Waals surface area (Å²) < 4.78 is 5.59. The molecule has 0 aromatic carbocycles. The molecular formula is C39H56N4O3. The molecule has 250 valence electrons. The number of allylic oxidation sites excluding steroid dienone is 7. The van der Waals surface area contributed by atoms with Crippen molar-refractivity contribution in [3.05, 3.63) is 71.2 Å². The lowest BCUT2D eigenvalue weighted by Gasteiger charge is -2.38. The molecule has 5 rings (SSSR count). The number of hydrogen-bond acceptors (Lipinski definition) is 7. The first kappa shape index (κ1) is 38.6. The fraction of sp³-hybridized carbons (Fsp3) is 0.538. The average molecular weight is 629 g/mol. The number of piperazine rings is 1. The lowest BCUT2D eigenvalue weighted by molar-refractivity contribution is -0.122. The highest BCUT2D eigenvalue weighted by molar-refractivity contribution is 6.16. The molecule has 7 heteroatoms. The van der Waals surface area contributed by atoms with Gasteiger partial charge in [0.1, 0.15) is 12.6 Å². The van der Waals surface area contributed by atoms with Crippen LogP contribution in [0.3, 0.4) is 0 Å². The second-order valence-electron chi connectivity index (χ2n) is 12.6. The number of rotatable bonds is 10. The Morgan fingerprint density at radius 3 is 2.28 bits per heavy atom. The minimum Gasteiger partial charge on any atom is -0.356 e. The predicted octanol–water partition coefficient (Wildman–Crippen LogP) is 7.09. The van der Waals surface area contributed by atoms with E-state index in [1.54, 1.807) is 0 Å². The molecule has 0 N–H and O–H groups in total. The number of nitrogens with zero attached hydrogens (tertiary/aromatic N) is 4. The molecule has 1 aliphatic heterocycles. The van der Waals surface area contributed by atoms with Gasteiger partial charge in [-0.15, -0.1) is 26.0 Å². The number of aromatic nitrogens is 1. The first-order chi connectivity index (χ1) is 22.3. The first-order valence-electron chi connectivity index (χ1n) is 16.6. The van der Waals surface area contributed by atoms with Crippen LogP contribution in [-0.2, 0) is 9.59 Å². The average Bonchev–Trinajstić information content (AvgIpc) is 3.77. The molecule has 0 radical (unpaired) electrons. The van der Waals surface area contributed by atoms with Crippen LogP contribution in [0, 0.1) is 50.4 Å². The van der Waals surface area contributed by atoms with Gasteiger partial charge < -0.3 is 14.2 Å².